The van der Waals surface area contributed by atoms with Crippen LogP contribution in [0.1, 0.15) is 12.5 Å². The van der Waals surface area contributed by atoms with E-state index in [0.29, 0.717) is 9.90 Å². The smallest absolute Gasteiger partial charge is 0.286 e. The minimum absolute atomic E-state index is 0.0225. The summed E-state index contributed by atoms with van der Waals surface area (Å²) in [6.07, 6.45) is 2.45. The molecule has 4 heterocycles. The molecule has 0 saturated heterocycles. The summed E-state index contributed by atoms with van der Waals surface area (Å²) in [6, 6.07) is 8.53. The van der Waals surface area contributed by atoms with Gasteiger partial charge < -0.3 is 5.32 Å². The number of hydrogen-bond acceptors (Lipinski definition) is 10. The zero-order chi connectivity index (χ0) is 26.5. The number of halogens is 1. The Kier molecular flexibility index (Phi) is 6.22. The number of Topliss-reactive ketones (excluding diaryl/α,β-unsaturated/α-hetero) is 1. The first-order valence-corrected chi connectivity index (χ1v) is 14.8. The number of sulfone groups is 1. The summed E-state index contributed by atoms with van der Waals surface area (Å²) in [5.41, 5.74) is 0.467. The summed E-state index contributed by atoms with van der Waals surface area (Å²) in [6.45, 7) is 1.51. The summed E-state index contributed by atoms with van der Waals surface area (Å²) in [7, 11) is -7.77. The van der Waals surface area contributed by atoms with Gasteiger partial charge in [-0.05, 0) is 42.8 Å². The van der Waals surface area contributed by atoms with Gasteiger partial charge in [0.05, 0.1) is 20.9 Å². The molecule has 0 fully saturated rings. The van der Waals surface area contributed by atoms with E-state index in [1.165, 1.54) is 49.8 Å². The van der Waals surface area contributed by atoms with Crippen LogP contribution >= 0.6 is 22.9 Å². The number of carbonyl (C=O) groups excluding carboxylic acids is 1. The molecule has 0 atom stereocenters. The van der Waals surface area contributed by atoms with Crippen LogP contribution in [0.25, 0.3) is 16.7 Å². The van der Waals surface area contributed by atoms with Gasteiger partial charge in [0, 0.05) is 12.6 Å². The quantitative estimate of drug-likeness (QED) is 0.363. The molecule has 4 aromatic rings. The molecule has 0 aliphatic carbocycles. The first-order chi connectivity index (χ1) is 17.4. The third kappa shape index (κ3) is 4.92. The van der Waals surface area contributed by atoms with Gasteiger partial charge in [-0.3, -0.25) is 14.2 Å². The Morgan fingerprint density at radius 3 is 2.62 bits per heavy atom. The SMILES string of the molecule is CC1=NS(=O)(=O)c2cc3c(=O)n(-c4ccc(CC(=O)CS(=O)(=O)c5ccc(Cl)s5)cn4)cnc3cc2N1. The lowest BCUT2D eigenvalue weighted by molar-refractivity contribution is -0.116. The zero-order valence-corrected chi connectivity index (χ0v) is 22.1. The highest BCUT2D eigenvalue weighted by atomic mass is 35.5. The Morgan fingerprint density at radius 2 is 1.95 bits per heavy atom. The number of sulfonamides is 1. The molecule has 3 aromatic heterocycles. The van der Waals surface area contributed by atoms with E-state index in [0.717, 1.165) is 15.9 Å². The van der Waals surface area contributed by atoms with Crippen molar-refractivity contribution in [1.82, 2.24) is 14.5 Å². The monoisotopic (exact) mass is 577 g/mol. The molecule has 1 aliphatic rings. The number of amidine groups is 1. The van der Waals surface area contributed by atoms with Crippen LogP contribution in [0.3, 0.4) is 0 Å². The molecule has 0 spiro atoms. The number of benzene rings is 1. The number of rotatable bonds is 6. The van der Waals surface area contributed by atoms with E-state index in [9.17, 15) is 26.4 Å². The van der Waals surface area contributed by atoms with Crippen molar-refractivity contribution in [2.24, 2.45) is 4.40 Å². The summed E-state index contributed by atoms with van der Waals surface area (Å²) in [5.74, 6) is -0.813. The number of thiophene rings is 1. The van der Waals surface area contributed by atoms with E-state index >= 15 is 0 Å². The molecule has 11 nitrogen and oxygen atoms in total. The average molecular weight is 578 g/mol. The second-order valence-corrected chi connectivity index (χ2v) is 13.6. The number of hydrogen-bond donors (Lipinski definition) is 1. The predicted molar refractivity (Wildman–Crippen MR) is 139 cm³/mol. The molecule has 0 saturated carbocycles. The number of carbonyl (C=O) groups is 1. The van der Waals surface area contributed by atoms with Crippen LogP contribution in [0, 0.1) is 0 Å². The maximum Gasteiger partial charge on any atom is 0.286 e. The van der Waals surface area contributed by atoms with Crippen LogP contribution in [0.15, 0.2) is 67.2 Å². The van der Waals surface area contributed by atoms with E-state index in [1.54, 1.807) is 6.07 Å². The first-order valence-electron chi connectivity index (χ1n) is 10.5. The number of ketones is 1. The standard InChI is InChI=1S/C22H16ClN5O6S3/c1-12-26-17-8-16-15(7-18(17)37(33,34)27-12)22(30)28(11-25-16)20-4-2-13(9-24-20)6-14(29)10-36(31,32)21-5-3-19(23)35-21/h2-5,7-9,11H,6,10H2,1H3,(H,26,27). The van der Waals surface area contributed by atoms with Crippen molar-refractivity contribution >= 4 is 71.0 Å². The molecular formula is C22H16ClN5O6S3. The van der Waals surface area contributed by atoms with Gasteiger partial charge in [-0.1, -0.05) is 17.7 Å². The molecule has 37 heavy (non-hydrogen) atoms. The van der Waals surface area contributed by atoms with Gasteiger partial charge in [0.25, 0.3) is 15.6 Å². The molecule has 0 bridgehead atoms. The molecule has 15 heteroatoms. The number of aromatic nitrogens is 3. The Morgan fingerprint density at radius 1 is 1.16 bits per heavy atom. The number of nitrogens with zero attached hydrogens (tertiary/aromatic N) is 4. The van der Waals surface area contributed by atoms with Crippen LogP contribution in [-0.2, 0) is 31.1 Å². The van der Waals surface area contributed by atoms with Crippen molar-refractivity contribution in [3.05, 3.63) is 69.2 Å². The lowest BCUT2D eigenvalue weighted by Crippen LogP contribution is -2.22. The van der Waals surface area contributed by atoms with Gasteiger partial charge in [0.1, 0.15) is 32.8 Å². The summed E-state index contributed by atoms with van der Waals surface area (Å²) < 4.78 is 54.8. The second kappa shape index (κ2) is 9.13. The highest BCUT2D eigenvalue weighted by Gasteiger charge is 2.25. The molecule has 1 aliphatic heterocycles. The fraction of sp³-hybridized carbons (Fsp3) is 0.136. The Bertz CT molecular complexity index is 1900. The van der Waals surface area contributed by atoms with Gasteiger partial charge in [0.2, 0.25) is 0 Å². The van der Waals surface area contributed by atoms with Gasteiger partial charge in [-0.25, -0.2) is 18.4 Å². The van der Waals surface area contributed by atoms with Crippen molar-refractivity contribution in [2.75, 3.05) is 11.1 Å². The highest BCUT2D eigenvalue weighted by Crippen LogP contribution is 2.30. The molecule has 0 amide bonds. The topological polar surface area (TPSA) is 158 Å². The Hall–Kier alpha value is -3.46. The van der Waals surface area contributed by atoms with Gasteiger partial charge >= 0.3 is 0 Å². The normalized spacial score (nSPS) is 14.6. The van der Waals surface area contributed by atoms with E-state index in [-0.39, 0.29) is 43.8 Å². The van der Waals surface area contributed by atoms with Crippen LogP contribution in [0.5, 0.6) is 0 Å². The van der Waals surface area contributed by atoms with Crippen LogP contribution < -0.4 is 10.9 Å². The maximum absolute atomic E-state index is 13.1. The largest absolute Gasteiger partial charge is 0.342 e. The van der Waals surface area contributed by atoms with Crippen molar-refractivity contribution in [3.63, 3.8) is 0 Å². The van der Waals surface area contributed by atoms with E-state index in [4.69, 9.17) is 11.6 Å². The zero-order valence-electron chi connectivity index (χ0n) is 18.9. The molecular weight excluding hydrogens is 562 g/mol. The molecule has 0 unspecified atom stereocenters. The maximum atomic E-state index is 13.1. The molecule has 1 aromatic carbocycles. The minimum Gasteiger partial charge on any atom is -0.342 e. The molecule has 1 N–H and O–H groups in total. The van der Waals surface area contributed by atoms with Crippen molar-refractivity contribution in [3.8, 4) is 5.82 Å². The first kappa shape index (κ1) is 25.2. The number of anilines is 1. The second-order valence-electron chi connectivity index (χ2n) is 8.12. The van der Waals surface area contributed by atoms with E-state index in [2.05, 4.69) is 19.7 Å². The van der Waals surface area contributed by atoms with E-state index in [1.807, 2.05) is 0 Å². The number of pyridine rings is 1. The van der Waals surface area contributed by atoms with Crippen molar-refractivity contribution in [1.29, 1.82) is 0 Å². The highest BCUT2D eigenvalue weighted by molar-refractivity contribution is 7.94. The minimum atomic E-state index is -3.97. The molecule has 5 rings (SSSR count). The summed E-state index contributed by atoms with van der Waals surface area (Å²) >= 11 is 6.67. The third-order valence-electron chi connectivity index (χ3n) is 5.37. The number of nitrogens with one attached hydrogen (secondary N) is 1. The van der Waals surface area contributed by atoms with Gasteiger partial charge in [-0.15, -0.1) is 15.7 Å². The molecule has 190 valence electrons. The molecule has 0 radical (unpaired) electrons. The van der Waals surface area contributed by atoms with Crippen LogP contribution in [0.4, 0.5) is 5.69 Å². The van der Waals surface area contributed by atoms with Crippen LogP contribution in [-0.4, -0.2) is 48.7 Å². The van der Waals surface area contributed by atoms with Crippen molar-refractivity contribution < 1.29 is 21.6 Å². The Balaban J connectivity index is 1.40. The lowest BCUT2D eigenvalue weighted by Gasteiger charge is -2.16. The van der Waals surface area contributed by atoms with E-state index < -0.39 is 37.0 Å². The third-order valence-corrected chi connectivity index (χ3v) is 10.3. The summed E-state index contributed by atoms with van der Waals surface area (Å²) in [4.78, 5) is 33.9. The Labute approximate surface area is 219 Å². The lowest BCUT2D eigenvalue weighted by atomic mass is 10.1. The van der Waals surface area contributed by atoms with Gasteiger partial charge in [0.15, 0.2) is 15.6 Å². The fourth-order valence-electron chi connectivity index (χ4n) is 3.76. The van der Waals surface area contributed by atoms with Crippen LogP contribution in [0.2, 0.25) is 4.34 Å². The van der Waals surface area contributed by atoms with Crippen molar-refractivity contribution in [2.45, 2.75) is 22.4 Å². The fourth-order valence-corrected chi connectivity index (χ4v) is 7.73. The summed E-state index contributed by atoms with van der Waals surface area (Å²) in [5, 5.41) is 2.92. The average Bonchev–Trinajstić information content (AvgIpc) is 3.26. The number of fused-ring (bicyclic) bond motifs is 2. The predicted octanol–water partition coefficient (Wildman–Crippen LogP) is 2.61. The van der Waals surface area contributed by atoms with Gasteiger partial charge in [-0.2, -0.15) is 8.42 Å².